The van der Waals surface area contributed by atoms with Gasteiger partial charge < -0.3 is 17.5 Å². The SMILES string of the molecule is CC1=[C-]C(C)C(C)=C1.CC1=[C-]C(C)C(C)=C1.CO.C[SiH]C.[Cl-].[Zr+3]. The van der Waals surface area contributed by atoms with Crippen LogP contribution in [-0.4, -0.2) is 21.7 Å². The molecule has 0 fully saturated rings. The summed E-state index contributed by atoms with van der Waals surface area (Å²) in [7, 11) is 1.75. The molecule has 0 spiro atoms. The fraction of sp³-hybridized carbons (Fsp3) is 0.579. The van der Waals surface area contributed by atoms with Crippen molar-refractivity contribution in [1.29, 1.82) is 0 Å². The number of halogens is 1. The van der Waals surface area contributed by atoms with E-state index >= 15 is 0 Å². The van der Waals surface area contributed by atoms with Crippen LogP contribution >= 0.6 is 0 Å². The van der Waals surface area contributed by atoms with E-state index in [9.17, 15) is 0 Å². The molecule has 0 aliphatic heterocycles. The Hall–Kier alpha value is 0.310. The van der Waals surface area contributed by atoms with E-state index in [-0.39, 0.29) is 38.6 Å². The van der Waals surface area contributed by atoms with Gasteiger partial charge >= 0.3 is 26.2 Å². The van der Waals surface area contributed by atoms with Gasteiger partial charge in [-0.2, -0.15) is 11.1 Å². The minimum Gasteiger partial charge on any atom is -1.00 e. The molecule has 0 saturated heterocycles. The second kappa shape index (κ2) is 18.6. The third-order valence-corrected chi connectivity index (χ3v) is 3.14. The van der Waals surface area contributed by atoms with Crippen LogP contribution in [0.3, 0.4) is 0 Å². The van der Waals surface area contributed by atoms with Crippen LogP contribution < -0.4 is 12.4 Å². The summed E-state index contributed by atoms with van der Waals surface area (Å²) in [6.07, 6.45) is 11.0. The van der Waals surface area contributed by atoms with E-state index in [0.717, 1.165) is 16.6 Å². The van der Waals surface area contributed by atoms with Crippen LogP contribution in [0.25, 0.3) is 0 Å². The zero-order valence-electron chi connectivity index (χ0n) is 16.2. The first-order valence-corrected chi connectivity index (χ1v) is 9.88. The van der Waals surface area contributed by atoms with Crippen LogP contribution in [0, 0.1) is 24.0 Å². The van der Waals surface area contributed by atoms with Gasteiger partial charge in [-0.05, 0) is 0 Å². The minimum atomic E-state index is 0. The summed E-state index contributed by atoms with van der Waals surface area (Å²) in [5.74, 6) is 1.13. The predicted molar refractivity (Wildman–Crippen MR) is 97.7 cm³/mol. The van der Waals surface area contributed by atoms with Crippen molar-refractivity contribution < 1.29 is 43.7 Å². The fourth-order valence-corrected chi connectivity index (χ4v) is 1.93. The van der Waals surface area contributed by atoms with E-state index < -0.39 is 0 Å². The molecule has 23 heavy (non-hydrogen) atoms. The van der Waals surface area contributed by atoms with E-state index in [1.807, 2.05) is 0 Å². The molecule has 2 radical (unpaired) electrons. The zero-order valence-corrected chi connectivity index (χ0v) is 20.6. The molecule has 0 amide bonds. The Morgan fingerprint density at radius 1 is 0.826 bits per heavy atom. The van der Waals surface area contributed by atoms with Crippen LogP contribution in [0.15, 0.2) is 34.4 Å². The summed E-state index contributed by atoms with van der Waals surface area (Å²) in [5.41, 5.74) is 5.44. The summed E-state index contributed by atoms with van der Waals surface area (Å²) < 4.78 is 0. The van der Waals surface area contributed by atoms with Gasteiger partial charge in [0.2, 0.25) is 0 Å². The van der Waals surface area contributed by atoms with Gasteiger partial charge in [-0.15, -0.1) is 0 Å². The third-order valence-electron chi connectivity index (χ3n) is 3.14. The van der Waals surface area contributed by atoms with Crippen LogP contribution in [0.1, 0.15) is 41.5 Å². The maximum Gasteiger partial charge on any atom is 3.00 e. The standard InChI is InChI=1S/2C8H11.C2H7Si.CH4O.ClH.Zr/c2*1-6-4-7(2)8(3)5-6;1-3-2;1-2;;/h2*4,8H,1-3H3;3H,1-2H3;2H,1H3;1H;/q2*-1;;;;+3/p-1. The van der Waals surface area contributed by atoms with Crippen LogP contribution in [0.2, 0.25) is 13.1 Å². The molecule has 0 aromatic rings. The van der Waals surface area contributed by atoms with Crippen molar-refractivity contribution in [1.82, 2.24) is 0 Å². The van der Waals surface area contributed by atoms with Gasteiger partial charge in [0, 0.05) is 16.6 Å². The van der Waals surface area contributed by atoms with E-state index in [1.165, 1.54) is 22.3 Å². The van der Waals surface area contributed by atoms with Crippen molar-refractivity contribution >= 4 is 9.52 Å². The third kappa shape index (κ3) is 15.6. The molecule has 2 unspecified atom stereocenters. The van der Waals surface area contributed by atoms with Crippen LogP contribution in [-0.2, 0) is 26.2 Å². The van der Waals surface area contributed by atoms with Crippen molar-refractivity contribution in [3.8, 4) is 0 Å². The molecule has 0 heterocycles. The Balaban J connectivity index is -0.000000115. The number of aliphatic hydroxyl groups is 1. The molecule has 2 rings (SSSR count). The van der Waals surface area contributed by atoms with E-state index in [4.69, 9.17) is 5.11 Å². The minimum absolute atomic E-state index is 0. The molecule has 0 aromatic heterocycles. The second-order valence-corrected chi connectivity index (χ2v) is 6.61. The van der Waals surface area contributed by atoms with Crippen LogP contribution in [0.5, 0.6) is 0 Å². The summed E-state index contributed by atoms with van der Waals surface area (Å²) in [6.45, 7) is 17.2. The molecule has 0 saturated carbocycles. The zero-order chi connectivity index (χ0) is 17.0. The number of allylic oxidation sites excluding steroid dienone is 8. The Bertz CT molecular complexity index is 374. The number of hydrogen-bond donors (Lipinski definition) is 1. The normalized spacial score (nSPS) is 20.3. The average molecular weight is 432 g/mol. The first-order valence-electron chi connectivity index (χ1n) is 7.57. The molecular weight excluding hydrogens is 399 g/mol. The van der Waals surface area contributed by atoms with Crippen molar-refractivity contribution in [3.63, 3.8) is 0 Å². The largest absolute Gasteiger partial charge is 3.00 e. The van der Waals surface area contributed by atoms with Crippen molar-refractivity contribution in [2.24, 2.45) is 11.8 Å². The molecule has 4 heteroatoms. The fourth-order valence-electron chi connectivity index (χ4n) is 1.93. The molecule has 1 N–H and O–H groups in total. The molecular formula is C19H33ClOSiZr. The number of aliphatic hydroxyl groups excluding tert-OH is 1. The van der Waals surface area contributed by atoms with Crippen molar-refractivity contribution in [2.75, 3.05) is 7.11 Å². The maximum atomic E-state index is 7.00. The smallest absolute Gasteiger partial charge is 1.00 e. The Labute approximate surface area is 172 Å². The van der Waals surface area contributed by atoms with E-state index in [2.05, 4.69) is 78.9 Å². The van der Waals surface area contributed by atoms with Gasteiger partial charge in [-0.25, -0.2) is 23.3 Å². The molecule has 2 aliphatic rings. The van der Waals surface area contributed by atoms with Gasteiger partial charge in [0.25, 0.3) is 0 Å². The molecule has 0 bridgehead atoms. The Morgan fingerprint density at radius 3 is 1.09 bits per heavy atom. The first-order chi connectivity index (χ1) is 9.81. The molecule has 2 atom stereocenters. The molecule has 0 aromatic carbocycles. The summed E-state index contributed by atoms with van der Waals surface area (Å²) >= 11 is 0. The van der Waals surface area contributed by atoms with Gasteiger partial charge in [0.1, 0.15) is 0 Å². The Kier molecular flexibility index (Phi) is 25.2. The number of rotatable bonds is 0. The second-order valence-electron chi connectivity index (χ2n) is 5.45. The molecule has 130 valence electrons. The first kappa shape index (κ1) is 31.1. The van der Waals surface area contributed by atoms with Crippen molar-refractivity contribution in [3.05, 3.63) is 46.6 Å². The average Bonchev–Trinajstić information content (AvgIpc) is 2.85. The molecule has 2 aliphatic carbocycles. The van der Waals surface area contributed by atoms with Crippen LogP contribution in [0.4, 0.5) is 0 Å². The van der Waals surface area contributed by atoms with Gasteiger partial charge in [-0.3, -0.25) is 12.2 Å². The summed E-state index contributed by atoms with van der Waals surface area (Å²) in [4.78, 5) is 0. The predicted octanol–water partition coefficient (Wildman–Crippen LogP) is 1.79. The monoisotopic (exact) mass is 430 g/mol. The summed E-state index contributed by atoms with van der Waals surface area (Å²) in [5, 5.41) is 7.00. The van der Waals surface area contributed by atoms with E-state index in [1.54, 1.807) is 0 Å². The van der Waals surface area contributed by atoms with Crippen molar-refractivity contribution in [2.45, 2.75) is 54.6 Å². The quantitative estimate of drug-likeness (QED) is 0.458. The molecule has 1 nitrogen and oxygen atoms in total. The van der Waals surface area contributed by atoms with E-state index in [0.29, 0.717) is 11.8 Å². The maximum absolute atomic E-state index is 7.00. The Morgan fingerprint density at radius 2 is 1.04 bits per heavy atom. The van der Waals surface area contributed by atoms with Gasteiger partial charge in [-0.1, -0.05) is 66.5 Å². The van der Waals surface area contributed by atoms with Gasteiger partial charge in [0.05, 0.1) is 0 Å². The van der Waals surface area contributed by atoms with Gasteiger partial charge in [0.15, 0.2) is 0 Å². The topological polar surface area (TPSA) is 20.2 Å². The summed E-state index contributed by atoms with van der Waals surface area (Å²) in [6, 6.07) is 0. The number of hydrogen-bond acceptors (Lipinski definition) is 1.